The number of amides is 1. The number of methoxy groups -OCH3 is 1. The monoisotopic (exact) mass is 314 g/mol. The van der Waals surface area contributed by atoms with Crippen LogP contribution in [0.1, 0.15) is 5.56 Å². The summed E-state index contributed by atoms with van der Waals surface area (Å²) in [7, 11) is 1.31. The second kappa shape index (κ2) is 8.49. The highest BCUT2D eigenvalue weighted by Gasteiger charge is 2.33. The summed E-state index contributed by atoms with van der Waals surface area (Å²) < 4.78 is 9.95. The number of piperazine rings is 1. The number of benzene rings is 1. The van der Waals surface area contributed by atoms with Gasteiger partial charge in [-0.25, -0.2) is 9.59 Å². The lowest BCUT2D eigenvalue weighted by Crippen LogP contribution is -2.57. The van der Waals surface area contributed by atoms with Crippen LogP contribution >= 0.6 is 12.4 Å². The minimum Gasteiger partial charge on any atom is -0.467 e. The zero-order valence-electron chi connectivity index (χ0n) is 11.8. The van der Waals surface area contributed by atoms with Gasteiger partial charge in [0.2, 0.25) is 0 Å². The first-order valence-corrected chi connectivity index (χ1v) is 6.48. The van der Waals surface area contributed by atoms with E-state index in [1.807, 2.05) is 30.3 Å². The van der Waals surface area contributed by atoms with Crippen LogP contribution in [0, 0.1) is 0 Å². The SMILES string of the molecule is COC(=O)C1CNCCN1C(=O)OCc1ccccc1.Cl. The third-order valence-electron chi connectivity index (χ3n) is 3.16. The minimum atomic E-state index is -0.628. The highest BCUT2D eigenvalue weighted by Crippen LogP contribution is 2.09. The van der Waals surface area contributed by atoms with Gasteiger partial charge in [0.25, 0.3) is 0 Å². The molecule has 1 amide bonds. The molecule has 0 saturated carbocycles. The molecule has 1 unspecified atom stereocenters. The third kappa shape index (κ3) is 4.61. The molecule has 1 aromatic rings. The quantitative estimate of drug-likeness (QED) is 0.849. The molecule has 1 fully saturated rings. The molecule has 1 atom stereocenters. The van der Waals surface area contributed by atoms with Crippen LogP contribution in [-0.4, -0.2) is 49.7 Å². The molecule has 7 heteroatoms. The Hall–Kier alpha value is -1.79. The van der Waals surface area contributed by atoms with Gasteiger partial charge in [-0.1, -0.05) is 30.3 Å². The maximum absolute atomic E-state index is 12.1. The lowest BCUT2D eigenvalue weighted by molar-refractivity contribution is -0.147. The Kier molecular flexibility index (Phi) is 6.98. The molecule has 2 rings (SSSR count). The van der Waals surface area contributed by atoms with Crippen LogP contribution < -0.4 is 5.32 Å². The molecule has 6 nitrogen and oxygen atoms in total. The Morgan fingerprint density at radius 2 is 2.05 bits per heavy atom. The van der Waals surface area contributed by atoms with Gasteiger partial charge in [0, 0.05) is 19.6 Å². The molecule has 1 aliphatic rings. The molecule has 1 heterocycles. The topological polar surface area (TPSA) is 67.9 Å². The summed E-state index contributed by atoms with van der Waals surface area (Å²) in [6.07, 6.45) is -0.495. The Morgan fingerprint density at radius 1 is 1.33 bits per heavy atom. The molecular weight excluding hydrogens is 296 g/mol. The molecule has 0 bridgehead atoms. The number of rotatable bonds is 3. The van der Waals surface area contributed by atoms with Gasteiger partial charge < -0.3 is 14.8 Å². The van der Waals surface area contributed by atoms with Crippen molar-refractivity contribution in [3.8, 4) is 0 Å². The number of hydrogen-bond acceptors (Lipinski definition) is 5. The second-order valence-electron chi connectivity index (χ2n) is 4.48. The molecule has 1 aromatic carbocycles. The van der Waals surface area contributed by atoms with Crippen LogP contribution in [0.3, 0.4) is 0 Å². The van der Waals surface area contributed by atoms with E-state index in [1.54, 1.807) is 0 Å². The zero-order valence-corrected chi connectivity index (χ0v) is 12.6. The summed E-state index contributed by atoms with van der Waals surface area (Å²) in [6.45, 7) is 1.63. The largest absolute Gasteiger partial charge is 0.467 e. The van der Waals surface area contributed by atoms with Crippen molar-refractivity contribution in [2.75, 3.05) is 26.7 Å². The summed E-state index contributed by atoms with van der Waals surface area (Å²) in [5.74, 6) is -0.436. The van der Waals surface area contributed by atoms with Crippen molar-refractivity contribution in [3.05, 3.63) is 35.9 Å². The standard InChI is InChI=1S/C14H18N2O4.ClH/c1-19-13(17)12-9-15-7-8-16(12)14(18)20-10-11-5-3-2-4-6-11;/h2-6,12,15H,7-10H2,1H3;1H. The third-order valence-corrected chi connectivity index (χ3v) is 3.16. The van der Waals surface area contributed by atoms with Gasteiger partial charge in [0.05, 0.1) is 7.11 Å². The number of esters is 1. The van der Waals surface area contributed by atoms with Crippen LogP contribution in [-0.2, 0) is 20.9 Å². The van der Waals surface area contributed by atoms with E-state index in [0.29, 0.717) is 19.6 Å². The van der Waals surface area contributed by atoms with E-state index in [1.165, 1.54) is 12.0 Å². The van der Waals surface area contributed by atoms with Crippen molar-refractivity contribution in [1.29, 1.82) is 0 Å². The van der Waals surface area contributed by atoms with Crippen molar-refractivity contribution >= 4 is 24.5 Å². The number of nitrogens with zero attached hydrogens (tertiary/aromatic N) is 1. The predicted octanol–water partition coefficient (Wildman–Crippen LogP) is 1.19. The number of carbonyl (C=O) groups is 2. The van der Waals surface area contributed by atoms with E-state index >= 15 is 0 Å². The van der Waals surface area contributed by atoms with E-state index in [4.69, 9.17) is 9.47 Å². The molecule has 21 heavy (non-hydrogen) atoms. The van der Waals surface area contributed by atoms with E-state index in [-0.39, 0.29) is 19.0 Å². The average molecular weight is 315 g/mol. The summed E-state index contributed by atoms with van der Waals surface area (Å²) >= 11 is 0. The smallest absolute Gasteiger partial charge is 0.410 e. The molecule has 0 spiro atoms. The van der Waals surface area contributed by atoms with Crippen molar-refractivity contribution in [1.82, 2.24) is 10.2 Å². The van der Waals surface area contributed by atoms with Gasteiger partial charge in [0.1, 0.15) is 12.6 Å². The molecular formula is C14H19ClN2O4. The molecule has 1 N–H and O–H groups in total. The van der Waals surface area contributed by atoms with Crippen molar-refractivity contribution in [2.45, 2.75) is 12.6 Å². The van der Waals surface area contributed by atoms with Gasteiger partial charge in [0.15, 0.2) is 0 Å². The molecule has 116 valence electrons. The van der Waals surface area contributed by atoms with Gasteiger partial charge in [-0.15, -0.1) is 12.4 Å². The van der Waals surface area contributed by atoms with Crippen molar-refractivity contribution in [2.24, 2.45) is 0 Å². The summed E-state index contributed by atoms with van der Waals surface area (Å²) in [6, 6.07) is 8.79. The van der Waals surface area contributed by atoms with Gasteiger partial charge in [-0.3, -0.25) is 4.90 Å². The van der Waals surface area contributed by atoms with Gasteiger partial charge in [-0.05, 0) is 5.56 Å². The Balaban J connectivity index is 0.00000220. The van der Waals surface area contributed by atoms with E-state index < -0.39 is 18.1 Å². The maximum atomic E-state index is 12.1. The predicted molar refractivity (Wildman–Crippen MR) is 79.3 cm³/mol. The Bertz CT molecular complexity index is 469. The van der Waals surface area contributed by atoms with Crippen LogP contribution in [0.5, 0.6) is 0 Å². The van der Waals surface area contributed by atoms with Gasteiger partial charge >= 0.3 is 12.1 Å². The molecule has 0 aliphatic carbocycles. The number of halogens is 1. The number of nitrogens with one attached hydrogen (secondary N) is 1. The molecule has 0 radical (unpaired) electrons. The fraction of sp³-hybridized carbons (Fsp3) is 0.429. The van der Waals surface area contributed by atoms with Crippen molar-refractivity contribution < 1.29 is 19.1 Å². The first-order valence-electron chi connectivity index (χ1n) is 6.48. The number of carbonyl (C=O) groups excluding carboxylic acids is 2. The number of ether oxygens (including phenoxy) is 2. The zero-order chi connectivity index (χ0) is 14.4. The lowest BCUT2D eigenvalue weighted by Gasteiger charge is -2.33. The first kappa shape index (κ1) is 17.3. The Morgan fingerprint density at radius 3 is 2.71 bits per heavy atom. The van der Waals surface area contributed by atoms with Crippen molar-refractivity contribution in [3.63, 3.8) is 0 Å². The summed E-state index contributed by atoms with van der Waals surface area (Å²) in [5, 5.41) is 3.06. The highest BCUT2D eigenvalue weighted by molar-refractivity contribution is 5.85. The average Bonchev–Trinajstić information content (AvgIpc) is 2.52. The van der Waals surface area contributed by atoms with Crippen LogP contribution in [0.25, 0.3) is 0 Å². The minimum absolute atomic E-state index is 0. The molecule has 0 aromatic heterocycles. The first-order chi connectivity index (χ1) is 9.72. The second-order valence-corrected chi connectivity index (χ2v) is 4.48. The summed E-state index contributed by atoms with van der Waals surface area (Å²) in [5.41, 5.74) is 0.908. The normalized spacial score (nSPS) is 17.6. The Labute approximate surface area is 129 Å². The number of hydrogen-bond donors (Lipinski definition) is 1. The summed E-state index contributed by atoms with van der Waals surface area (Å²) in [4.78, 5) is 25.1. The van der Waals surface area contributed by atoms with Crippen LogP contribution in [0.15, 0.2) is 30.3 Å². The van der Waals surface area contributed by atoms with Gasteiger partial charge in [-0.2, -0.15) is 0 Å². The van der Waals surface area contributed by atoms with E-state index in [9.17, 15) is 9.59 Å². The highest BCUT2D eigenvalue weighted by atomic mass is 35.5. The molecule has 1 saturated heterocycles. The van der Waals surface area contributed by atoms with Crippen LogP contribution in [0.2, 0.25) is 0 Å². The molecule has 1 aliphatic heterocycles. The van der Waals surface area contributed by atoms with Crippen LogP contribution in [0.4, 0.5) is 4.79 Å². The maximum Gasteiger partial charge on any atom is 0.410 e. The van der Waals surface area contributed by atoms with E-state index in [0.717, 1.165) is 5.56 Å². The fourth-order valence-electron chi connectivity index (χ4n) is 2.07. The fourth-order valence-corrected chi connectivity index (χ4v) is 2.07. The van der Waals surface area contributed by atoms with E-state index in [2.05, 4.69) is 5.32 Å². The lowest BCUT2D eigenvalue weighted by atomic mass is 10.2.